The molecular weight excluding hydrogens is 591 g/mol. The minimum absolute atomic E-state index is 0.0220. The second-order valence-electron chi connectivity index (χ2n) is 11.1. The van der Waals surface area contributed by atoms with Crippen molar-refractivity contribution >= 4 is 22.1 Å². The van der Waals surface area contributed by atoms with Crippen molar-refractivity contribution in [3.63, 3.8) is 0 Å². The standard InChI is InChI=1S/C31H39FN4O7S/c1-6-35(30(39)42-31(3,4)5)19-11-8-12-20-36-22(2)34-26(28(37)33-21-23-15-17-24(32)18-16-23)27(29(36)38)43-44(40,41)25-13-9-7-10-14-25/h7,9-10,13-18H,6,8,11-12,19-21H2,1-5H3,(H,33,37). The Morgan fingerprint density at radius 3 is 2.30 bits per heavy atom. The highest BCUT2D eigenvalue weighted by atomic mass is 32.2. The predicted molar refractivity (Wildman–Crippen MR) is 162 cm³/mol. The van der Waals surface area contributed by atoms with Crippen LogP contribution in [0, 0.1) is 12.7 Å². The van der Waals surface area contributed by atoms with Crippen LogP contribution in [-0.4, -0.2) is 53.6 Å². The number of benzene rings is 2. The van der Waals surface area contributed by atoms with Crippen molar-refractivity contribution in [1.29, 1.82) is 0 Å². The van der Waals surface area contributed by atoms with Gasteiger partial charge in [0, 0.05) is 26.2 Å². The first-order valence-electron chi connectivity index (χ1n) is 14.3. The number of hydrogen-bond donors (Lipinski definition) is 1. The fourth-order valence-corrected chi connectivity index (χ4v) is 5.16. The average Bonchev–Trinajstić information content (AvgIpc) is 2.96. The molecule has 1 aromatic heterocycles. The highest BCUT2D eigenvalue weighted by Gasteiger charge is 2.28. The van der Waals surface area contributed by atoms with Crippen LogP contribution in [0.3, 0.4) is 0 Å². The van der Waals surface area contributed by atoms with E-state index in [-0.39, 0.29) is 23.8 Å². The van der Waals surface area contributed by atoms with E-state index in [0.717, 1.165) is 0 Å². The Hall–Kier alpha value is -4.26. The van der Waals surface area contributed by atoms with Crippen LogP contribution >= 0.6 is 0 Å². The number of amides is 2. The molecule has 3 rings (SSSR count). The maximum Gasteiger partial charge on any atom is 0.410 e. The van der Waals surface area contributed by atoms with Gasteiger partial charge in [0.1, 0.15) is 22.1 Å². The third-order valence-electron chi connectivity index (χ3n) is 6.47. The van der Waals surface area contributed by atoms with Crippen LogP contribution < -0.4 is 15.1 Å². The zero-order valence-corrected chi connectivity index (χ0v) is 26.4. The van der Waals surface area contributed by atoms with E-state index < -0.39 is 50.5 Å². The van der Waals surface area contributed by atoms with Crippen molar-refractivity contribution in [2.24, 2.45) is 0 Å². The second kappa shape index (κ2) is 15.0. The molecule has 13 heteroatoms. The first-order valence-corrected chi connectivity index (χ1v) is 15.7. The van der Waals surface area contributed by atoms with E-state index in [4.69, 9.17) is 8.92 Å². The highest BCUT2D eigenvalue weighted by molar-refractivity contribution is 7.87. The van der Waals surface area contributed by atoms with Crippen LogP contribution in [0.1, 0.15) is 68.8 Å². The third-order valence-corrected chi connectivity index (χ3v) is 7.70. The number of hydrogen-bond acceptors (Lipinski definition) is 8. The van der Waals surface area contributed by atoms with Gasteiger partial charge in [0.2, 0.25) is 5.75 Å². The summed E-state index contributed by atoms with van der Waals surface area (Å²) >= 11 is 0. The van der Waals surface area contributed by atoms with Gasteiger partial charge in [-0.1, -0.05) is 30.3 Å². The molecule has 1 N–H and O–H groups in total. The van der Waals surface area contributed by atoms with Crippen molar-refractivity contribution in [3.8, 4) is 5.75 Å². The summed E-state index contributed by atoms with van der Waals surface area (Å²) in [6.07, 6.45) is 1.40. The van der Waals surface area contributed by atoms with E-state index in [1.807, 2.05) is 6.92 Å². The summed E-state index contributed by atoms with van der Waals surface area (Å²) in [5, 5.41) is 2.58. The van der Waals surface area contributed by atoms with Crippen LogP contribution in [0.2, 0.25) is 0 Å². The first-order chi connectivity index (χ1) is 20.7. The highest BCUT2D eigenvalue weighted by Crippen LogP contribution is 2.20. The average molecular weight is 631 g/mol. The normalized spacial score (nSPS) is 11.6. The molecule has 2 amide bonds. The van der Waals surface area contributed by atoms with E-state index in [0.29, 0.717) is 37.9 Å². The van der Waals surface area contributed by atoms with Crippen molar-refractivity contribution < 1.29 is 31.3 Å². The molecule has 3 aromatic rings. The topological polar surface area (TPSA) is 137 Å². The lowest BCUT2D eigenvalue weighted by Gasteiger charge is -2.26. The Bertz CT molecular complexity index is 1600. The molecule has 0 unspecified atom stereocenters. The van der Waals surface area contributed by atoms with Crippen molar-refractivity contribution in [2.45, 2.75) is 77.5 Å². The summed E-state index contributed by atoms with van der Waals surface area (Å²) in [5.41, 5.74) is -1.33. The van der Waals surface area contributed by atoms with Gasteiger partial charge in [-0.25, -0.2) is 14.2 Å². The van der Waals surface area contributed by atoms with Gasteiger partial charge < -0.3 is 19.1 Å². The van der Waals surface area contributed by atoms with Gasteiger partial charge in [-0.2, -0.15) is 8.42 Å². The van der Waals surface area contributed by atoms with E-state index in [2.05, 4.69) is 10.3 Å². The Morgan fingerprint density at radius 1 is 1.02 bits per heavy atom. The predicted octanol–water partition coefficient (Wildman–Crippen LogP) is 4.82. The molecule has 0 saturated carbocycles. The molecule has 0 aliphatic rings. The molecule has 44 heavy (non-hydrogen) atoms. The summed E-state index contributed by atoms with van der Waals surface area (Å²) in [6.45, 7) is 9.91. The minimum Gasteiger partial charge on any atom is -0.444 e. The number of ether oxygens (including phenoxy) is 1. The molecule has 0 aliphatic heterocycles. The summed E-state index contributed by atoms with van der Waals surface area (Å²) in [5.74, 6) is -1.80. The lowest BCUT2D eigenvalue weighted by molar-refractivity contribution is 0.0257. The van der Waals surface area contributed by atoms with Crippen molar-refractivity contribution in [2.75, 3.05) is 13.1 Å². The molecule has 0 saturated heterocycles. The minimum atomic E-state index is -4.48. The summed E-state index contributed by atoms with van der Waals surface area (Å²) < 4.78 is 51.4. The van der Waals surface area contributed by atoms with Crippen LogP contribution in [-0.2, 0) is 27.9 Å². The molecule has 238 valence electrons. The number of aryl methyl sites for hydroxylation is 1. The van der Waals surface area contributed by atoms with Crippen molar-refractivity contribution in [1.82, 2.24) is 19.8 Å². The fraction of sp³-hybridized carbons (Fsp3) is 0.419. The molecular formula is C31H39FN4O7S. The molecule has 0 aliphatic carbocycles. The van der Waals surface area contributed by atoms with Crippen LogP contribution in [0.25, 0.3) is 0 Å². The van der Waals surface area contributed by atoms with Crippen LogP contribution in [0.4, 0.5) is 9.18 Å². The number of aromatic nitrogens is 2. The summed E-state index contributed by atoms with van der Waals surface area (Å²) in [4.78, 5) is 44.8. The largest absolute Gasteiger partial charge is 0.444 e. The molecule has 0 bridgehead atoms. The SMILES string of the molecule is CCN(CCCCCn1c(C)nc(C(=O)NCc2ccc(F)cc2)c(OS(=O)(=O)c2ccccc2)c1=O)C(=O)OC(C)(C)C. The van der Waals surface area contributed by atoms with Gasteiger partial charge in [0.25, 0.3) is 11.5 Å². The molecule has 0 radical (unpaired) electrons. The van der Waals surface area contributed by atoms with Crippen LogP contribution in [0.15, 0.2) is 64.3 Å². The molecule has 0 fully saturated rings. The van der Waals surface area contributed by atoms with E-state index in [9.17, 15) is 27.2 Å². The van der Waals surface area contributed by atoms with Crippen LogP contribution in [0.5, 0.6) is 5.75 Å². The smallest absolute Gasteiger partial charge is 0.410 e. The van der Waals surface area contributed by atoms with Gasteiger partial charge in [0.05, 0.1) is 0 Å². The Labute approximate surface area is 257 Å². The number of nitrogens with zero attached hydrogens (tertiary/aromatic N) is 3. The van der Waals surface area contributed by atoms with Gasteiger partial charge in [-0.15, -0.1) is 0 Å². The molecule has 0 atom stereocenters. The number of carbonyl (C=O) groups excluding carboxylic acids is 2. The van der Waals surface area contributed by atoms with Gasteiger partial charge in [-0.3, -0.25) is 14.2 Å². The summed E-state index contributed by atoms with van der Waals surface area (Å²) in [7, 11) is -4.48. The molecule has 1 heterocycles. The van der Waals surface area contributed by atoms with E-state index in [1.54, 1.807) is 31.7 Å². The fourth-order valence-electron chi connectivity index (χ4n) is 4.20. The Balaban J connectivity index is 1.80. The van der Waals surface area contributed by atoms with Crippen molar-refractivity contribution in [3.05, 3.63) is 87.9 Å². The number of halogens is 1. The lowest BCUT2D eigenvalue weighted by Crippen LogP contribution is -2.37. The van der Waals surface area contributed by atoms with Gasteiger partial charge >= 0.3 is 16.2 Å². The lowest BCUT2D eigenvalue weighted by atomic mass is 10.2. The Morgan fingerprint density at radius 2 is 1.68 bits per heavy atom. The maximum atomic E-state index is 13.6. The number of nitrogens with one attached hydrogen (secondary N) is 1. The number of unbranched alkanes of at least 4 members (excludes halogenated alkanes) is 2. The second-order valence-corrected chi connectivity index (χ2v) is 12.6. The zero-order valence-electron chi connectivity index (χ0n) is 25.6. The molecule has 0 spiro atoms. The van der Waals surface area contributed by atoms with Gasteiger partial charge in [0.15, 0.2) is 5.69 Å². The van der Waals surface area contributed by atoms with Gasteiger partial charge in [-0.05, 0) is 83.7 Å². The Kier molecular flexibility index (Phi) is 11.6. The summed E-state index contributed by atoms with van der Waals surface area (Å²) in [6, 6.07) is 12.7. The number of carbonyl (C=O) groups is 2. The third kappa shape index (κ3) is 9.63. The quantitative estimate of drug-likeness (QED) is 0.210. The zero-order chi connectivity index (χ0) is 32.5. The van der Waals surface area contributed by atoms with E-state index >= 15 is 0 Å². The van der Waals surface area contributed by atoms with E-state index in [1.165, 1.54) is 60.0 Å². The monoisotopic (exact) mass is 630 g/mol. The maximum absolute atomic E-state index is 13.6. The first kappa shape index (κ1) is 34.2. The number of rotatable bonds is 13. The molecule has 11 nitrogen and oxygen atoms in total. The molecule has 2 aromatic carbocycles.